The summed E-state index contributed by atoms with van der Waals surface area (Å²) in [5.41, 5.74) is 0. The van der Waals surface area contributed by atoms with E-state index in [2.05, 4.69) is 113 Å². The van der Waals surface area contributed by atoms with Gasteiger partial charge in [0.05, 0.1) is 26.4 Å². The van der Waals surface area contributed by atoms with Crippen molar-refractivity contribution in [1.29, 1.82) is 0 Å². The quantitative estimate of drug-likeness (QED) is 0.0169. The number of aliphatic hydroxyl groups is 1. The lowest BCUT2D eigenvalue weighted by Gasteiger charge is -2.21. The molecule has 0 aromatic heterocycles. The summed E-state index contributed by atoms with van der Waals surface area (Å²) in [4.78, 5) is 73.0. The molecule has 3 N–H and O–H groups in total. The lowest BCUT2D eigenvalue weighted by molar-refractivity contribution is -0.161. The van der Waals surface area contributed by atoms with Crippen LogP contribution in [0.2, 0.25) is 0 Å². The van der Waals surface area contributed by atoms with Crippen LogP contribution in [0.3, 0.4) is 0 Å². The van der Waals surface area contributed by atoms with Gasteiger partial charge in [-0.1, -0.05) is 299 Å². The highest BCUT2D eigenvalue weighted by molar-refractivity contribution is 7.47. The van der Waals surface area contributed by atoms with Crippen LogP contribution in [-0.2, 0) is 65.4 Å². The minimum absolute atomic E-state index is 0.0849. The molecule has 102 heavy (non-hydrogen) atoms. The summed E-state index contributed by atoms with van der Waals surface area (Å²) in [6, 6.07) is 0. The molecular weight excluding hydrogens is 1330 g/mol. The average Bonchev–Trinajstić information content (AvgIpc) is 0.944. The van der Waals surface area contributed by atoms with Gasteiger partial charge in [0.25, 0.3) is 0 Å². The molecule has 0 aliphatic carbocycles. The molecule has 0 saturated heterocycles. The molecule has 0 saturated carbocycles. The first kappa shape index (κ1) is 98.2. The molecule has 0 amide bonds. The number of aliphatic hydroxyl groups excluding tert-OH is 1. The van der Waals surface area contributed by atoms with Gasteiger partial charge in [-0.3, -0.25) is 37.3 Å². The predicted octanol–water partition coefficient (Wildman–Crippen LogP) is 23.8. The summed E-state index contributed by atoms with van der Waals surface area (Å²) in [5.74, 6) is -2.18. The molecule has 17 nitrogen and oxygen atoms in total. The smallest absolute Gasteiger partial charge is 0.462 e. The van der Waals surface area contributed by atoms with E-state index in [0.717, 1.165) is 186 Å². The molecule has 0 aromatic rings. The summed E-state index contributed by atoms with van der Waals surface area (Å²) in [7, 11) is -9.95. The SMILES string of the molecule is CC/C=C\C/C=C\C/C=C\CCCCCCCCCC(=O)OCC(COP(=O)(O)OCC(O)COP(=O)(O)OCC(COC(=O)CCCCCCCC/C=C\C/C=C\C/C=C\CCCCC)OC(=O)CCCCCCCCCCCCC)OC(=O)CCCCCCC/C=C\CCCCCCCC. The van der Waals surface area contributed by atoms with Crippen LogP contribution in [0.4, 0.5) is 0 Å². The van der Waals surface area contributed by atoms with Crippen molar-refractivity contribution >= 4 is 39.5 Å². The van der Waals surface area contributed by atoms with Gasteiger partial charge in [-0.15, -0.1) is 0 Å². The summed E-state index contributed by atoms with van der Waals surface area (Å²) in [6.45, 7) is 4.75. The van der Waals surface area contributed by atoms with Gasteiger partial charge in [-0.2, -0.15) is 0 Å². The third-order valence-corrected chi connectivity index (χ3v) is 19.2. The van der Waals surface area contributed by atoms with Crippen LogP contribution in [0.15, 0.2) is 85.1 Å². The molecular formula is C83H148O17P2. The van der Waals surface area contributed by atoms with Gasteiger partial charge in [-0.25, -0.2) is 9.13 Å². The first-order chi connectivity index (χ1) is 49.7. The van der Waals surface area contributed by atoms with E-state index in [4.69, 9.17) is 37.0 Å². The van der Waals surface area contributed by atoms with E-state index in [1.165, 1.54) is 96.3 Å². The van der Waals surface area contributed by atoms with Crippen LogP contribution in [0.1, 0.15) is 362 Å². The summed E-state index contributed by atoms with van der Waals surface area (Å²) >= 11 is 0. The van der Waals surface area contributed by atoms with E-state index in [1.807, 2.05) is 0 Å². The van der Waals surface area contributed by atoms with Crippen LogP contribution >= 0.6 is 15.6 Å². The van der Waals surface area contributed by atoms with Crippen molar-refractivity contribution in [3.8, 4) is 0 Å². The molecule has 0 aliphatic rings. The van der Waals surface area contributed by atoms with Crippen LogP contribution in [0.25, 0.3) is 0 Å². The van der Waals surface area contributed by atoms with Crippen molar-refractivity contribution in [2.24, 2.45) is 0 Å². The second kappa shape index (κ2) is 75.5. The maximum Gasteiger partial charge on any atom is 0.472 e. The molecule has 0 bridgehead atoms. The van der Waals surface area contributed by atoms with Crippen molar-refractivity contribution in [1.82, 2.24) is 0 Å². The summed E-state index contributed by atoms with van der Waals surface area (Å²) in [5, 5.41) is 10.6. The van der Waals surface area contributed by atoms with Crippen LogP contribution in [0, 0.1) is 0 Å². The van der Waals surface area contributed by atoms with Gasteiger partial charge in [-0.05, 0) is 122 Å². The zero-order chi connectivity index (χ0) is 74.6. The van der Waals surface area contributed by atoms with Crippen molar-refractivity contribution in [3.05, 3.63) is 85.1 Å². The minimum Gasteiger partial charge on any atom is -0.462 e. The molecule has 0 fully saturated rings. The maximum absolute atomic E-state index is 13.1. The van der Waals surface area contributed by atoms with Crippen LogP contribution in [-0.4, -0.2) is 96.7 Å². The lowest BCUT2D eigenvalue weighted by atomic mass is 10.1. The largest absolute Gasteiger partial charge is 0.472 e. The Kier molecular flexibility index (Phi) is 72.7. The number of ether oxygens (including phenoxy) is 4. The Hall–Kier alpha value is -3.76. The number of allylic oxidation sites excluding steroid dienone is 14. The molecule has 0 spiro atoms. The number of phosphoric ester groups is 2. The molecule has 5 atom stereocenters. The van der Waals surface area contributed by atoms with E-state index in [9.17, 15) is 43.2 Å². The van der Waals surface area contributed by atoms with Crippen molar-refractivity contribution in [2.75, 3.05) is 39.6 Å². The second-order valence-corrected chi connectivity index (χ2v) is 30.2. The number of unbranched alkanes of at least 4 members (excludes halogenated alkanes) is 37. The molecule has 0 aromatic carbocycles. The predicted molar refractivity (Wildman–Crippen MR) is 418 cm³/mol. The Balaban J connectivity index is 5.31. The van der Waals surface area contributed by atoms with Gasteiger partial charge < -0.3 is 33.8 Å². The summed E-state index contributed by atoms with van der Waals surface area (Å²) < 4.78 is 68.6. The zero-order valence-electron chi connectivity index (χ0n) is 64.8. The van der Waals surface area contributed by atoms with Crippen LogP contribution in [0.5, 0.6) is 0 Å². The Bertz CT molecular complexity index is 2260. The molecule has 5 unspecified atom stereocenters. The molecule has 0 heterocycles. The summed E-state index contributed by atoms with van der Waals surface area (Å²) in [6.07, 6.45) is 78.4. The number of hydrogen-bond donors (Lipinski definition) is 3. The first-order valence-electron chi connectivity index (χ1n) is 40.8. The van der Waals surface area contributed by atoms with E-state index >= 15 is 0 Å². The number of carbonyl (C=O) groups excluding carboxylic acids is 4. The Morgan fingerprint density at radius 3 is 0.814 bits per heavy atom. The zero-order valence-corrected chi connectivity index (χ0v) is 66.6. The van der Waals surface area contributed by atoms with E-state index in [-0.39, 0.29) is 25.7 Å². The topological polar surface area (TPSA) is 237 Å². The van der Waals surface area contributed by atoms with Crippen molar-refractivity contribution < 1.29 is 80.2 Å². The first-order valence-corrected chi connectivity index (χ1v) is 43.8. The highest BCUT2D eigenvalue weighted by Gasteiger charge is 2.30. The number of esters is 4. The number of carbonyl (C=O) groups is 4. The van der Waals surface area contributed by atoms with Gasteiger partial charge in [0.1, 0.15) is 19.3 Å². The second-order valence-electron chi connectivity index (χ2n) is 27.3. The fraction of sp³-hybridized carbons (Fsp3) is 0.783. The minimum atomic E-state index is -4.98. The Morgan fingerprint density at radius 2 is 0.510 bits per heavy atom. The molecule has 0 rings (SSSR count). The lowest BCUT2D eigenvalue weighted by Crippen LogP contribution is -2.30. The van der Waals surface area contributed by atoms with E-state index in [0.29, 0.717) is 25.7 Å². The monoisotopic (exact) mass is 1480 g/mol. The molecule has 592 valence electrons. The molecule has 19 heteroatoms. The normalized spacial score (nSPS) is 14.3. The fourth-order valence-corrected chi connectivity index (χ4v) is 12.7. The fourth-order valence-electron chi connectivity index (χ4n) is 11.1. The van der Waals surface area contributed by atoms with Crippen molar-refractivity contribution in [2.45, 2.75) is 380 Å². The molecule has 0 radical (unpaired) electrons. The van der Waals surface area contributed by atoms with Gasteiger partial charge in [0.2, 0.25) is 0 Å². The number of rotatable bonds is 77. The molecule has 0 aliphatic heterocycles. The van der Waals surface area contributed by atoms with Gasteiger partial charge >= 0.3 is 39.5 Å². The van der Waals surface area contributed by atoms with E-state index in [1.54, 1.807) is 0 Å². The standard InChI is InChI=1S/C83H148O17P2/c1-5-9-13-17-21-25-29-32-35-37-38-40-43-45-49-52-56-60-64-68-80(85)93-73-78(99-82(87)69-65-61-57-53-47-28-24-20-16-12-8-4)75-97-101(89,90)95-71-77(84)72-96-102(91,92)98-76-79(100-83(88)70-66-62-58-54-50-46-41-34-31-27-23-19-15-11-7-3)74-94-81(86)67-63-59-55-51-48-44-42-39-36-33-30-26-22-18-14-10-6-2/h10,14,21-22,25-26,32-36,38,40-41,77-79,84H,5-9,11-13,15-20,23-24,27-31,37,39,42-76H2,1-4H3,(H,89,90)(H,91,92)/b14-10-,25-21-,26-22-,35-32-,36-33-,40-38-,41-34-. The van der Waals surface area contributed by atoms with Gasteiger partial charge in [0.15, 0.2) is 12.2 Å². The average molecular weight is 1480 g/mol. The van der Waals surface area contributed by atoms with Crippen molar-refractivity contribution in [3.63, 3.8) is 0 Å². The third-order valence-electron chi connectivity index (χ3n) is 17.3. The van der Waals surface area contributed by atoms with E-state index < -0.39 is 97.5 Å². The maximum atomic E-state index is 13.1. The third kappa shape index (κ3) is 74.5. The highest BCUT2D eigenvalue weighted by atomic mass is 31.2. The van der Waals surface area contributed by atoms with Crippen LogP contribution < -0.4 is 0 Å². The Morgan fingerprint density at radius 1 is 0.284 bits per heavy atom. The number of phosphoric acid groups is 2. The highest BCUT2D eigenvalue weighted by Crippen LogP contribution is 2.45. The van der Waals surface area contributed by atoms with Gasteiger partial charge in [0, 0.05) is 25.7 Å². The Labute approximate surface area is 621 Å². The number of hydrogen-bond acceptors (Lipinski definition) is 15.